The van der Waals surface area contributed by atoms with E-state index in [1.807, 2.05) is 6.26 Å². The van der Waals surface area contributed by atoms with Gasteiger partial charge in [-0.05, 0) is 25.2 Å². The van der Waals surface area contributed by atoms with Crippen LogP contribution in [0.3, 0.4) is 0 Å². The van der Waals surface area contributed by atoms with E-state index < -0.39 is 10.0 Å². The molecule has 0 atom stereocenters. The maximum Gasteiger partial charge on any atom is 0.242 e. The van der Waals surface area contributed by atoms with E-state index in [1.54, 1.807) is 11.8 Å². The van der Waals surface area contributed by atoms with Crippen molar-refractivity contribution in [1.29, 1.82) is 0 Å². The van der Waals surface area contributed by atoms with Crippen molar-refractivity contribution in [3.63, 3.8) is 0 Å². The van der Waals surface area contributed by atoms with Gasteiger partial charge in [0.25, 0.3) is 0 Å². The lowest BCUT2D eigenvalue weighted by atomic mass is 10.4. The van der Waals surface area contributed by atoms with Crippen molar-refractivity contribution in [3.05, 3.63) is 18.0 Å². The van der Waals surface area contributed by atoms with Gasteiger partial charge in [0, 0.05) is 23.2 Å². The minimum absolute atomic E-state index is 0.100. The molecule has 7 heteroatoms. The molecule has 0 amide bonds. The Bertz CT molecular complexity index is 491. The summed E-state index contributed by atoms with van der Waals surface area (Å²) in [6, 6.07) is 1.45. The van der Waals surface area contributed by atoms with Gasteiger partial charge in [-0.15, -0.1) is 0 Å². The number of aromatic amines is 1. The monoisotopic (exact) mass is 276 g/mol. The molecule has 0 aliphatic heterocycles. The Hall–Kier alpha value is -0.500. The van der Waals surface area contributed by atoms with Crippen LogP contribution in [0.25, 0.3) is 0 Å². The molecule has 1 fully saturated rings. The molecule has 1 saturated carbocycles. The summed E-state index contributed by atoms with van der Waals surface area (Å²) >= 11 is 1.71. The van der Waals surface area contributed by atoms with Crippen molar-refractivity contribution >= 4 is 21.8 Å². The number of sulfonamides is 1. The fourth-order valence-corrected chi connectivity index (χ4v) is 3.53. The quantitative estimate of drug-likeness (QED) is 0.713. The Morgan fingerprint density at radius 3 is 2.76 bits per heavy atom. The highest BCUT2D eigenvalue weighted by Gasteiger charge is 2.42. The Kier molecular flexibility index (Phi) is 3.53. The lowest BCUT2D eigenvalue weighted by molar-refractivity contribution is 0.277. The van der Waals surface area contributed by atoms with E-state index in [9.17, 15) is 8.42 Å². The SMILES string of the molecule is CSC1(CNS(=O)(=O)c2c[nH]c(CO)c2)CC1. The van der Waals surface area contributed by atoms with Crippen LogP contribution in [-0.4, -0.2) is 36.1 Å². The highest BCUT2D eigenvalue weighted by Crippen LogP contribution is 2.46. The molecule has 5 nitrogen and oxygen atoms in total. The molecule has 1 aliphatic carbocycles. The molecule has 96 valence electrons. The molecular weight excluding hydrogens is 260 g/mol. The smallest absolute Gasteiger partial charge is 0.242 e. The zero-order chi connectivity index (χ0) is 12.5. The Balaban J connectivity index is 2.03. The third kappa shape index (κ3) is 2.85. The molecule has 2 rings (SSSR count). The van der Waals surface area contributed by atoms with Gasteiger partial charge < -0.3 is 10.1 Å². The minimum atomic E-state index is -3.46. The zero-order valence-corrected chi connectivity index (χ0v) is 11.2. The summed E-state index contributed by atoms with van der Waals surface area (Å²) in [7, 11) is -3.46. The van der Waals surface area contributed by atoms with Crippen molar-refractivity contribution in [1.82, 2.24) is 9.71 Å². The van der Waals surface area contributed by atoms with Crippen LogP contribution in [0.4, 0.5) is 0 Å². The predicted molar refractivity (Wildman–Crippen MR) is 67.4 cm³/mol. The number of thioether (sulfide) groups is 1. The van der Waals surface area contributed by atoms with Gasteiger partial charge in [-0.1, -0.05) is 0 Å². The van der Waals surface area contributed by atoms with Crippen LogP contribution in [0, 0.1) is 0 Å². The molecule has 0 saturated heterocycles. The predicted octanol–water partition coefficient (Wildman–Crippen LogP) is 0.681. The van der Waals surface area contributed by atoms with Crippen LogP contribution < -0.4 is 4.72 Å². The molecule has 1 aliphatic rings. The molecule has 0 bridgehead atoms. The molecule has 1 heterocycles. The number of aromatic nitrogens is 1. The third-order valence-electron chi connectivity index (χ3n) is 3.02. The summed E-state index contributed by atoms with van der Waals surface area (Å²) in [6.07, 6.45) is 5.52. The van der Waals surface area contributed by atoms with Gasteiger partial charge in [0.15, 0.2) is 0 Å². The zero-order valence-electron chi connectivity index (χ0n) is 9.56. The number of nitrogens with one attached hydrogen (secondary N) is 2. The second-order valence-electron chi connectivity index (χ2n) is 4.23. The molecule has 0 unspecified atom stereocenters. The number of hydrogen-bond acceptors (Lipinski definition) is 4. The fourth-order valence-electron chi connectivity index (χ4n) is 1.57. The van der Waals surface area contributed by atoms with Crippen molar-refractivity contribution in [2.75, 3.05) is 12.8 Å². The summed E-state index contributed by atoms with van der Waals surface area (Å²) in [6.45, 7) is 0.278. The first kappa shape index (κ1) is 12.9. The van der Waals surface area contributed by atoms with E-state index in [-0.39, 0.29) is 16.2 Å². The van der Waals surface area contributed by atoms with E-state index in [4.69, 9.17) is 5.11 Å². The first-order valence-electron chi connectivity index (χ1n) is 5.34. The van der Waals surface area contributed by atoms with Crippen LogP contribution in [0.2, 0.25) is 0 Å². The van der Waals surface area contributed by atoms with E-state index in [0.717, 1.165) is 12.8 Å². The number of rotatable bonds is 6. The molecular formula is C10H16N2O3S2. The summed E-state index contributed by atoms with van der Waals surface area (Å²) in [4.78, 5) is 2.89. The Morgan fingerprint density at radius 1 is 1.59 bits per heavy atom. The number of aliphatic hydroxyl groups is 1. The van der Waals surface area contributed by atoms with Crippen molar-refractivity contribution in [2.24, 2.45) is 0 Å². The normalized spacial score (nSPS) is 18.2. The van der Waals surface area contributed by atoms with Gasteiger partial charge in [0.05, 0.1) is 11.5 Å². The van der Waals surface area contributed by atoms with E-state index >= 15 is 0 Å². The average molecular weight is 276 g/mol. The first-order chi connectivity index (χ1) is 8.01. The van der Waals surface area contributed by atoms with Crippen LogP contribution in [0.1, 0.15) is 18.5 Å². The third-order valence-corrected chi connectivity index (χ3v) is 5.82. The summed E-state index contributed by atoms with van der Waals surface area (Å²) in [5.41, 5.74) is 0.497. The van der Waals surface area contributed by atoms with Gasteiger partial charge in [-0.2, -0.15) is 11.8 Å². The maximum atomic E-state index is 11.9. The van der Waals surface area contributed by atoms with Gasteiger partial charge in [-0.3, -0.25) is 0 Å². The molecule has 0 radical (unpaired) electrons. The summed E-state index contributed by atoms with van der Waals surface area (Å²) in [5.74, 6) is 0. The van der Waals surface area contributed by atoms with Crippen LogP contribution in [0.15, 0.2) is 17.2 Å². The first-order valence-corrected chi connectivity index (χ1v) is 8.05. The van der Waals surface area contributed by atoms with Gasteiger partial charge in [0.2, 0.25) is 10.0 Å². The van der Waals surface area contributed by atoms with E-state index in [0.29, 0.717) is 12.2 Å². The van der Waals surface area contributed by atoms with E-state index in [2.05, 4.69) is 9.71 Å². The highest BCUT2D eigenvalue weighted by atomic mass is 32.2. The molecule has 0 aromatic carbocycles. The topological polar surface area (TPSA) is 82.2 Å². The maximum absolute atomic E-state index is 11.9. The largest absolute Gasteiger partial charge is 0.390 e. The molecule has 0 spiro atoms. The highest BCUT2D eigenvalue weighted by molar-refractivity contribution is 8.00. The second-order valence-corrected chi connectivity index (χ2v) is 7.27. The lowest BCUT2D eigenvalue weighted by Crippen LogP contribution is -2.31. The minimum Gasteiger partial charge on any atom is -0.390 e. The number of hydrogen-bond donors (Lipinski definition) is 3. The average Bonchev–Trinajstić information content (AvgIpc) is 2.94. The van der Waals surface area contributed by atoms with Crippen molar-refractivity contribution < 1.29 is 13.5 Å². The summed E-state index contributed by atoms with van der Waals surface area (Å²) < 4.78 is 26.6. The molecule has 3 N–H and O–H groups in total. The lowest BCUT2D eigenvalue weighted by Gasteiger charge is -2.12. The van der Waals surface area contributed by atoms with Crippen LogP contribution in [0.5, 0.6) is 0 Å². The Labute approximate surface area is 105 Å². The van der Waals surface area contributed by atoms with Crippen molar-refractivity contribution in [3.8, 4) is 0 Å². The van der Waals surface area contributed by atoms with Crippen molar-refractivity contribution in [2.45, 2.75) is 29.1 Å². The van der Waals surface area contributed by atoms with Gasteiger partial charge in [0.1, 0.15) is 0 Å². The van der Waals surface area contributed by atoms with Gasteiger partial charge >= 0.3 is 0 Å². The number of H-pyrrole nitrogens is 1. The summed E-state index contributed by atoms with van der Waals surface area (Å²) in [5, 5.41) is 8.87. The van der Waals surface area contributed by atoms with Gasteiger partial charge in [-0.25, -0.2) is 13.1 Å². The van der Waals surface area contributed by atoms with Crippen LogP contribution in [-0.2, 0) is 16.6 Å². The second kappa shape index (κ2) is 4.64. The van der Waals surface area contributed by atoms with Crippen LogP contribution >= 0.6 is 11.8 Å². The standard InChI is InChI=1S/C10H16N2O3S2/c1-16-10(2-3-10)7-12-17(14,15)9-4-8(6-13)11-5-9/h4-5,11-13H,2-3,6-7H2,1H3. The molecule has 17 heavy (non-hydrogen) atoms. The number of aliphatic hydroxyl groups excluding tert-OH is 1. The molecule has 1 aromatic heterocycles. The fraction of sp³-hybridized carbons (Fsp3) is 0.600. The molecule has 1 aromatic rings. The van der Waals surface area contributed by atoms with E-state index in [1.165, 1.54) is 12.3 Å². The Morgan fingerprint density at radius 2 is 2.29 bits per heavy atom.